The molecule has 1 aliphatic heterocycles. The van der Waals surface area contributed by atoms with Gasteiger partial charge in [-0.3, -0.25) is 4.79 Å². The van der Waals surface area contributed by atoms with Crippen LogP contribution in [-0.4, -0.2) is 56.2 Å². The van der Waals surface area contributed by atoms with Crippen molar-refractivity contribution in [3.05, 3.63) is 35.9 Å². The summed E-state index contributed by atoms with van der Waals surface area (Å²) < 4.78 is 5.62. The Kier molecular flexibility index (Phi) is 8.96. The number of rotatable bonds is 9. The average Bonchev–Trinajstić information content (AvgIpc) is 2.68. The smallest absolute Gasteiger partial charge is 0.317 e. The molecule has 6 heteroatoms. The normalized spacial score (nSPS) is 17.0. The van der Waals surface area contributed by atoms with E-state index < -0.39 is 0 Å². The van der Waals surface area contributed by atoms with E-state index >= 15 is 0 Å². The lowest BCUT2D eigenvalue weighted by molar-refractivity contribution is -0.126. The van der Waals surface area contributed by atoms with Gasteiger partial charge in [-0.1, -0.05) is 30.3 Å². The number of likely N-dealkylation sites (tertiary alicyclic amines) is 1. The molecule has 1 fully saturated rings. The molecule has 0 bridgehead atoms. The fourth-order valence-electron chi connectivity index (χ4n) is 3.11. The summed E-state index contributed by atoms with van der Waals surface area (Å²) in [5, 5.41) is 5.77. The summed E-state index contributed by atoms with van der Waals surface area (Å²) in [5.41, 5.74) is 1.27. The second-order valence-corrected chi connectivity index (χ2v) is 6.61. The Hall–Kier alpha value is -2.08. The molecule has 0 aliphatic carbocycles. The van der Waals surface area contributed by atoms with Crippen molar-refractivity contribution >= 4 is 11.9 Å². The Bertz CT molecular complexity index is 550. The molecular weight excluding hydrogens is 330 g/mol. The minimum Gasteiger partial charge on any atom is -0.381 e. The molecule has 0 radical (unpaired) electrons. The molecule has 3 amide bonds. The maximum absolute atomic E-state index is 12.2. The topological polar surface area (TPSA) is 70.7 Å². The minimum atomic E-state index is -0.0873. The maximum atomic E-state index is 12.2. The Labute approximate surface area is 156 Å². The van der Waals surface area contributed by atoms with Gasteiger partial charge >= 0.3 is 6.03 Å². The van der Waals surface area contributed by atoms with Crippen LogP contribution in [0.25, 0.3) is 0 Å². The van der Waals surface area contributed by atoms with Crippen molar-refractivity contribution in [2.75, 3.05) is 39.4 Å². The van der Waals surface area contributed by atoms with Crippen LogP contribution >= 0.6 is 0 Å². The number of benzene rings is 1. The van der Waals surface area contributed by atoms with Crippen molar-refractivity contribution < 1.29 is 14.3 Å². The summed E-state index contributed by atoms with van der Waals surface area (Å²) in [6.07, 6.45) is 3.42. The second kappa shape index (κ2) is 11.5. The third-order valence-electron chi connectivity index (χ3n) is 4.55. The van der Waals surface area contributed by atoms with E-state index in [0.29, 0.717) is 32.8 Å². The third kappa shape index (κ3) is 7.04. The van der Waals surface area contributed by atoms with Gasteiger partial charge in [0.2, 0.25) is 5.91 Å². The van der Waals surface area contributed by atoms with E-state index in [2.05, 4.69) is 22.8 Å². The van der Waals surface area contributed by atoms with E-state index in [9.17, 15) is 9.59 Å². The van der Waals surface area contributed by atoms with E-state index in [1.807, 2.05) is 25.1 Å². The lowest BCUT2D eigenvalue weighted by Gasteiger charge is -2.32. The van der Waals surface area contributed by atoms with Gasteiger partial charge in [0.05, 0.1) is 12.5 Å². The lowest BCUT2D eigenvalue weighted by Crippen LogP contribution is -2.49. The molecule has 144 valence electrons. The summed E-state index contributed by atoms with van der Waals surface area (Å²) in [7, 11) is 0. The SMILES string of the molecule is CCNC(=O)C1CCCN(C(=O)NCCCOCCc2ccccc2)C1. The summed E-state index contributed by atoms with van der Waals surface area (Å²) >= 11 is 0. The number of urea groups is 1. The molecule has 1 aliphatic rings. The van der Waals surface area contributed by atoms with Crippen LogP contribution < -0.4 is 10.6 Å². The van der Waals surface area contributed by atoms with Gasteiger partial charge in [-0.25, -0.2) is 4.79 Å². The van der Waals surface area contributed by atoms with Crippen LogP contribution in [0, 0.1) is 5.92 Å². The van der Waals surface area contributed by atoms with Crippen LogP contribution in [-0.2, 0) is 16.0 Å². The van der Waals surface area contributed by atoms with E-state index in [4.69, 9.17) is 4.74 Å². The fraction of sp³-hybridized carbons (Fsp3) is 0.600. The van der Waals surface area contributed by atoms with Gasteiger partial charge in [-0.15, -0.1) is 0 Å². The molecule has 26 heavy (non-hydrogen) atoms. The zero-order valence-electron chi connectivity index (χ0n) is 15.7. The summed E-state index contributed by atoms with van der Waals surface area (Å²) in [6.45, 7) is 5.68. The number of amides is 3. The average molecular weight is 361 g/mol. The van der Waals surface area contributed by atoms with Crippen molar-refractivity contribution in [3.63, 3.8) is 0 Å². The van der Waals surface area contributed by atoms with Crippen LogP contribution in [0.5, 0.6) is 0 Å². The Morgan fingerprint density at radius 1 is 1.19 bits per heavy atom. The van der Waals surface area contributed by atoms with Crippen LogP contribution in [0.1, 0.15) is 31.7 Å². The third-order valence-corrected chi connectivity index (χ3v) is 4.55. The highest BCUT2D eigenvalue weighted by Gasteiger charge is 2.27. The number of piperidine rings is 1. The highest BCUT2D eigenvalue weighted by molar-refractivity contribution is 5.80. The van der Waals surface area contributed by atoms with Gasteiger partial charge < -0.3 is 20.3 Å². The number of ether oxygens (including phenoxy) is 1. The van der Waals surface area contributed by atoms with Crippen LogP contribution in [0.15, 0.2) is 30.3 Å². The highest BCUT2D eigenvalue weighted by Crippen LogP contribution is 2.16. The van der Waals surface area contributed by atoms with Crippen LogP contribution in [0.4, 0.5) is 4.79 Å². The van der Waals surface area contributed by atoms with Gasteiger partial charge in [-0.2, -0.15) is 0 Å². The molecule has 0 saturated carbocycles. The molecule has 1 saturated heterocycles. The Balaban J connectivity index is 1.54. The molecule has 0 aromatic heterocycles. The molecule has 0 spiro atoms. The molecular formula is C20H31N3O3. The summed E-state index contributed by atoms with van der Waals surface area (Å²) in [4.78, 5) is 25.9. The number of hydrogen-bond acceptors (Lipinski definition) is 3. The van der Waals surface area contributed by atoms with Crippen LogP contribution in [0.2, 0.25) is 0 Å². The first-order chi connectivity index (χ1) is 12.7. The van der Waals surface area contributed by atoms with Gasteiger partial charge in [0.15, 0.2) is 0 Å². The van der Waals surface area contributed by atoms with Crippen molar-refractivity contribution in [3.8, 4) is 0 Å². The van der Waals surface area contributed by atoms with Gasteiger partial charge in [-0.05, 0) is 38.2 Å². The predicted molar refractivity (Wildman–Crippen MR) is 102 cm³/mol. The monoisotopic (exact) mass is 361 g/mol. The molecule has 1 atom stereocenters. The quantitative estimate of drug-likeness (QED) is 0.663. The number of carbonyl (C=O) groups is 2. The highest BCUT2D eigenvalue weighted by atomic mass is 16.5. The number of carbonyl (C=O) groups excluding carboxylic acids is 2. The first kappa shape index (κ1) is 20.2. The standard InChI is InChI=1S/C20H31N3O3/c1-2-21-19(24)18-10-6-13-23(16-18)20(25)22-12-7-14-26-15-11-17-8-4-3-5-9-17/h3-5,8-9,18H,2,6-7,10-16H2,1H3,(H,21,24)(H,22,25). The zero-order chi connectivity index (χ0) is 18.6. The van der Waals surface area contributed by atoms with E-state index in [0.717, 1.165) is 32.2 Å². The summed E-state index contributed by atoms with van der Waals surface area (Å²) in [6, 6.07) is 10.2. The van der Waals surface area contributed by atoms with E-state index in [1.54, 1.807) is 4.90 Å². The number of nitrogens with one attached hydrogen (secondary N) is 2. The lowest BCUT2D eigenvalue weighted by atomic mass is 9.97. The molecule has 2 rings (SSSR count). The van der Waals surface area contributed by atoms with Gasteiger partial charge in [0.25, 0.3) is 0 Å². The second-order valence-electron chi connectivity index (χ2n) is 6.61. The van der Waals surface area contributed by atoms with E-state index in [1.165, 1.54) is 5.56 Å². The Morgan fingerprint density at radius 3 is 2.77 bits per heavy atom. The van der Waals surface area contributed by atoms with Crippen molar-refractivity contribution in [1.82, 2.24) is 15.5 Å². The molecule has 1 aromatic rings. The van der Waals surface area contributed by atoms with Crippen molar-refractivity contribution in [2.45, 2.75) is 32.6 Å². The zero-order valence-corrected chi connectivity index (χ0v) is 15.7. The molecule has 1 aromatic carbocycles. The van der Waals surface area contributed by atoms with E-state index in [-0.39, 0.29) is 17.9 Å². The minimum absolute atomic E-state index is 0.0526. The summed E-state index contributed by atoms with van der Waals surface area (Å²) in [5.74, 6) is -0.0346. The molecule has 2 N–H and O–H groups in total. The first-order valence-electron chi connectivity index (χ1n) is 9.63. The molecule has 1 heterocycles. The van der Waals surface area contributed by atoms with Crippen molar-refractivity contribution in [2.24, 2.45) is 5.92 Å². The van der Waals surface area contributed by atoms with Gasteiger partial charge in [0, 0.05) is 32.8 Å². The maximum Gasteiger partial charge on any atom is 0.317 e. The molecule has 1 unspecified atom stereocenters. The van der Waals surface area contributed by atoms with Crippen LogP contribution in [0.3, 0.4) is 0 Å². The number of hydrogen-bond donors (Lipinski definition) is 2. The Morgan fingerprint density at radius 2 is 2.00 bits per heavy atom. The largest absolute Gasteiger partial charge is 0.381 e. The first-order valence-corrected chi connectivity index (χ1v) is 9.63. The molecule has 6 nitrogen and oxygen atoms in total. The van der Waals surface area contributed by atoms with Crippen molar-refractivity contribution in [1.29, 1.82) is 0 Å². The van der Waals surface area contributed by atoms with Gasteiger partial charge in [0.1, 0.15) is 0 Å². The fourth-order valence-corrected chi connectivity index (χ4v) is 3.11. The number of nitrogens with zero attached hydrogens (tertiary/aromatic N) is 1. The predicted octanol–water partition coefficient (Wildman–Crippen LogP) is 2.19.